The van der Waals surface area contributed by atoms with Gasteiger partial charge in [-0.25, -0.2) is 0 Å². The fourth-order valence-corrected chi connectivity index (χ4v) is 3.13. The minimum atomic E-state index is 0.199. The second-order valence-corrected chi connectivity index (χ2v) is 5.78. The summed E-state index contributed by atoms with van der Waals surface area (Å²) >= 11 is 0. The summed E-state index contributed by atoms with van der Waals surface area (Å²) in [7, 11) is 0. The molecule has 0 spiro atoms. The van der Waals surface area contributed by atoms with Crippen molar-refractivity contribution in [3.63, 3.8) is 0 Å². The molecule has 0 aromatic heterocycles. The lowest BCUT2D eigenvalue weighted by Crippen LogP contribution is -2.30. The number of nitrogens with one attached hydrogen (secondary N) is 1. The minimum Gasteiger partial charge on any atom is -0.381 e. The van der Waals surface area contributed by atoms with Gasteiger partial charge in [0.2, 0.25) is 5.91 Å². The van der Waals surface area contributed by atoms with Crippen molar-refractivity contribution >= 4 is 5.91 Å². The summed E-state index contributed by atoms with van der Waals surface area (Å²) in [6.45, 7) is 2.42. The van der Waals surface area contributed by atoms with Gasteiger partial charge < -0.3 is 10.1 Å². The van der Waals surface area contributed by atoms with Crippen LogP contribution in [0.15, 0.2) is 24.3 Å². The van der Waals surface area contributed by atoms with Crippen LogP contribution in [0, 0.1) is 11.8 Å². The average molecular weight is 259 g/mol. The zero-order valence-corrected chi connectivity index (χ0v) is 11.2. The molecule has 0 radical (unpaired) electrons. The summed E-state index contributed by atoms with van der Waals surface area (Å²) in [5, 5.41) is 3.06. The number of amides is 1. The van der Waals surface area contributed by atoms with E-state index in [0.717, 1.165) is 39.0 Å². The molecular formula is C16H21NO2. The van der Waals surface area contributed by atoms with Crippen molar-refractivity contribution in [2.75, 3.05) is 19.8 Å². The highest BCUT2D eigenvalue weighted by Crippen LogP contribution is 2.28. The summed E-state index contributed by atoms with van der Waals surface area (Å²) in [6.07, 6.45) is 3.84. The van der Waals surface area contributed by atoms with Crippen LogP contribution < -0.4 is 5.32 Å². The number of hydrogen-bond acceptors (Lipinski definition) is 2. The Bertz CT molecular complexity index is 427. The molecule has 0 saturated carbocycles. The molecule has 0 unspecified atom stereocenters. The fraction of sp³-hybridized carbons (Fsp3) is 0.562. The van der Waals surface area contributed by atoms with Crippen molar-refractivity contribution in [1.29, 1.82) is 0 Å². The molecule has 1 N–H and O–H groups in total. The van der Waals surface area contributed by atoms with E-state index in [4.69, 9.17) is 4.74 Å². The number of benzene rings is 1. The van der Waals surface area contributed by atoms with Gasteiger partial charge in [0.25, 0.3) is 0 Å². The molecule has 3 rings (SSSR count). The van der Waals surface area contributed by atoms with E-state index in [1.54, 1.807) is 0 Å². The first-order valence-corrected chi connectivity index (χ1v) is 7.22. The van der Waals surface area contributed by atoms with E-state index in [-0.39, 0.29) is 5.91 Å². The Morgan fingerprint density at radius 1 is 1.21 bits per heavy atom. The van der Waals surface area contributed by atoms with E-state index in [1.165, 1.54) is 11.1 Å². The minimum absolute atomic E-state index is 0.199. The van der Waals surface area contributed by atoms with Crippen molar-refractivity contribution in [2.45, 2.75) is 25.7 Å². The Kier molecular flexibility index (Phi) is 3.83. The molecule has 1 amide bonds. The van der Waals surface area contributed by atoms with Crippen LogP contribution in [0.5, 0.6) is 0 Å². The van der Waals surface area contributed by atoms with Crippen LogP contribution in [-0.4, -0.2) is 25.7 Å². The van der Waals surface area contributed by atoms with Crippen LogP contribution >= 0.6 is 0 Å². The highest BCUT2D eigenvalue weighted by molar-refractivity contribution is 5.76. The van der Waals surface area contributed by atoms with Crippen LogP contribution in [0.4, 0.5) is 0 Å². The first-order chi connectivity index (χ1) is 9.31. The van der Waals surface area contributed by atoms with E-state index in [0.29, 0.717) is 18.3 Å². The number of carbonyl (C=O) groups is 1. The SMILES string of the molecule is O=C(CC1Cc2ccccc2C1)NC[C@@H]1CCOC1. The van der Waals surface area contributed by atoms with E-state index in [1.807, 2.05) is 0 Å². The Morgan fingerprint density at radius 2 is 1.95 bits per heavy atom. The quantitative estimate of drug-likeness (QED) is 0.897. The Morgan fingerprint density at radius 3 is 2.58 bits per heavy atom. The second-order valence-electron chi connectivity index (χ2n) is 5.78. The van der Waals surface area contributed by atoms with Gasteiger partial charge in [-0.05, 0) is 36.3 Å². The molecule has 1 aliphatic heterocycles. The first-order valence-electron chi connectivity index (χ1n) is 7.22. The van der Waals surface area contributed by atoms with Gasteiger partial charge >= 0.3 is 0 Å². The molecule has 19 heavy (non-hydrogen) atoms. The topological polar surface area (TPSA) is 38.3 Å². The van der Waals surface area contributed by atoms with Crippen LogP contribution in [0.2, 0.25) is 0 Å². The van der Waals surface area contributed by atoms with Gasteiger partial charge in [-0.15, -0.1) is 0 Å². The van der Waals surface area contributed by atoms with Crippen molar-refractivity contribution < 1.29 is 9.53 Å². The van der Waals surface area contributed by atoms with Crippen LogP contribution in [0.1, 0.15) is 24.0 Å². The van der Waals surface area contributed by atoms with Crippen LogP contribution in [0.3, 0.4) is 0 Å². The van der Waals surface area contributed by atoms with E-state index in [9.17, 15) is 4.79 Å². The molecule has 0 bridgehead atoms. The molecule has 2 aliphatic rings. The number of fused-ring (bicyclic) bond motifs is 1. The molecule has 102 valence electrons. The molecule has 1 atom stereocenters. The lowest BCUT2D eigenvalue weighted by atomic mass is 10.0. The maximum absolute atomic E-state index is 12.0. The van der Waals surface area contributed by atoms with Gasteiger partial charge in [0.1, 0.15) is 0 Å². The smallest absolute Gasteiger partial charge is 0.220 e. The maximum Gasteiger partial charge on any atom is 0.220 e. The molecule has 1 aromatic rings. The predicted molar refractivity (Wildman–Crippen MR) is 73.9 cm³/mol. The molecule has 1 heterocycles. The molecule has 1 aromatic carbocycles. The molecule has 3 nitrogen and oxygen atoms in total. The van der Waals surface area contributed by atoms with Crippen molar-refractivity contribution in [3.05, 3.63) is 35.4 Å². The van der Waals surface area contributed by atoms with Crippen LogP contribution in [0.25, 0.3) is 0 Å². The normalized spacial score (nSPS) is 22.4. The zero-order chi connectivity index (χ0) is 13.1. The number of hydrogen-bond donors (Lipinski definition) is 1. The van der Waals surface area contributed by atoms with Gasteiger partial charge in [-0.1, -0.05) is 24.3 Å². The lowest BCUT2D eigenvalue weighted by molar-refractivity contribution is -0.122. The van der Waals surface area contributed by atoms with Gasteiger partial charge in [0, 0.05) is 25.5 Å². The second kappa shape index (κ2) is 5.74. The summed E-state index contributed by atoms with van der Waals surface area (Å²) in [5.41, 5.74) is 2.84. The molecule has 1 fully saturated rings. The van der Waals surface area contributed by atoms with Crippen LogP contribution in [-0.2, 0) is 22.4 Å². The molecule has 3 heteroatoms. The lowest BCUT2D eigenvalue weighted by Gasteiger charge is -2.12. The van der Waals surface area contributed by atoms with Gasteiger partial charge in [0.05, 0.1) is 6.61 Å². The van der Waals surface area contributed by atoms with Gasteiger partial charge in [-0.2, -0.15) is 0 Å². The number of ether oxygens (including phenoxy) is 1. The van der Waals surface area contributed by atoms with E-state index in [2.05, 4.69) is 29.6 Å². The summed E-state index contributed by atoms with van der Waals surface area (Å²) in [5.74, 6) is 1.20. The third-order valence-electron chi connectivity index (χ3n) is 4.22. The van der Waals surface area contributed by atoms with Crippen molar-refractivity contribution in [1.82, 2.24) is 5.32 Å². The standard InChI is InChI=1S/C16H21NO2/c18-16(17-10-12-5-6-19-11-12)9-13-7-14-3-1-2-4-15(14)8-13/h1-4,12-13H,5-11H2,(H,17,18)/t12-/m0/s1. The van der Waals surface area contributed by atoms with Crippen molar-refractivity contribution in [2.24, 2.45) is 11.8 Å². The first kappa shape index (κ1) is 12.7. The van der Waals surface area contributed by atoms with Gasteiger partial charge in [0.15, 0.2) is 0 Å². The molecule has 1 saturated heterocycles. The largest absolute Gasteiger partial charge is 0.381 e. The summed E-state index contributed by atoms with van der Waals surface area (Å²) in [6, 6.07) is 8.54. The zero-order valence-electron chi connectivity index (χ0n) is 11.2. The highest BCUT2D eigenvalue weighted by Gasteiger charge is 2.23. The Hall–Kier alpha value is -1.35. The van der Waals surface area contributed by atoms with E-state index < -0.39 is 0 Å². The third-order valence-corrected chi connectivity index (χ3v) is 4.22. The number of rotatable bonds is 4. The monoisotopic (exact) mass is 259 g/mol. The predicted octanol–water partition coefficient (Wildman–Crippen LogP) is 1.94. The van der Waals surface area contributed by atoms with Crippen molar-refractivity contribution in [3.8, 4) is 0 Å². The maximum atomic E-state index is 12.0. The summed E-state index contributed by atoms with van der Waals surface area (Å²) in [4.78, 5) is 12.0. The number of carbonyl (C=O) groups excluding carboxylic acids is 1. The molecule has 1 aliphatic carbocycles. The van der Waals surface area contributed by atoms with E-state index >= 15 is 0 Å². The Labute approximate surface area is 114 Å². The van der Waals surface area contributed by atoms with Gasteiger partial charge in [-0.3, -0.25) is 4.79 Å². The Balaban J connectivity index is 1.44. The fourth-order valence-electron chi connectivity index (χ4n) is 3.13. The average Bonchev–Trinajstić information content (AvgIpc) is 3.04. The summed E-state index contributed by atoms with van der Waals surface area (Å²) < 4.78 is 5.31. The molecular weight excluding hydrogens is 238 g/mol. The highest BCUT2D eigenvalue weighted by atomic mass is 16.5. The third kappa shape index (κ3) is 3.16.